The summed E-state index contributed by atoms with van der Waals surface area (Å²) < 4.78 is 24.8. The lowest BCUT2D eigenvalue weighted by atomic mass is 10.2. The molecule has 3 N–H and O–H groups in total. The second-order valence-electron chi connectivity index (χ2n) is 5.41. The van der Waals surface area contributed by atoms with Crippen molar-refractivity contribution in [3.05, 3.63) is 18.1 Å². The fourth-order valence-corrected chi connectivity index (χ4v) is 3.37. The number of hydrogen-bond donors (Lipinski definition) is 3. The molecule has 12 heteroatoms. The quantitative estimate of drug-likeness (QED) is 0.593. The summed E-state index contributed by atoms with van der Waals surface area (Å²) in [5.41, 5.74) is 1.73. The van der Waals surface area contributed by atoms with E-state index in [4.69, 9.17) is 19.0 Å². The second-order valence-corrected chi connectivity index (χ2v) is 6.60. The second kappa shape index (κ2) is 6.36. The number of fused-ring (bicyclic) bond motifs is 1. The Morgan fingerprint density at radius 3 is 2.83 bits per heavy atom. The van der Waals surface area contributed by atoms with Gasteiger partial charge in [-0.1, -0.05) is 0 Å². The van der Waals surface area contributed by atoms with E-state index in [2.05, 4.69) is 15.0 Å². The average molecular weight is 359 g/mol. The highest BCUT2D eigenvalue weighted by Crippen LogP contribution is 2.43. The third-order valence-corrected chi connectivity index (χ3v) is 4.37. The van der Waals surface area contributed by atoms with Gasteiger partial charge in [-0.05, 0) is 0 Å². The molecule has 3 atom stereocenters. The molecule has 1 saturated heterocycles. The molecule has 1 aliphatic rings. The van der Waals surface area contributed by atoms with Crippen LogP contribution in [0.4, 0.5) is 0 Å². The fourth-order valence-electron chi connectivity index (χ4n) is 2.80. The monoisotopic (exact) mass is 359 g/mol. The minimum atomic E-state index is -4.69. The van der Waals surface area contributed by atoms with Gasteiger partial charge in [-0.15, -0.1) is 0 Å². The highest BCUT2D eigenvalue weighted by atomic mass is 31.2. The molecule has 24 heavy (non-hydrogen) atoms. The van der Waals surface area contributed by atoms with Gasteiger partial charge in [0.25, 0.3) is 0 Å². The maximum atomic E-state index is 11.1. The number of hydrogen-bond acceptors (Lipinski definition) is 7. The lowest BCUT2D eigenvalue weighted by molar-refractivity contribution is -0.0425. The third-order valence-electron chi connectivity index (χ3n) is 3.82. The summed E-state index contributed by atoms with van der Waals surface area (Å²) in [5.74, 6) is 0. The van der Waals surface area contributed by atoms with Crippen LogP contribution in [0, 0.1) is 0 Å². The molecule has 11 nitrogen and oxygen atoms in total. The molecule has 2 aromatic rings. The first-order valence-corrected chi connectivity index (χ1v) is 8.68. The molecule has 0 aliphatic carbocycles. The first kappa shape index (κ1) is 17.2. The molecular formula is C12H18N5O6P. The van der Waals surface area contributed by atoms with E-state index >= 15 is 0 Å². The van der Waals surface area contributed by atoms with Gasteiger partial charge in [-0.2, -0.15) is 0 Å². The summed E-state index contributed by atoms with van der Waals surface area (Å²) in [7, 11) is -1.24. The molecule has 132 valence electrons. The van der Waals surface area contributed by atoms with Gasteiger partial charge in [-0.25, -0.2) is 14.5 Å². The summed E-state index contributed by atoms with van der Waals surface area (Å²) in [4.78, 5) is 30.7. The maximum absolute atomic E-state index is 11.1. The van der Waals surface area contributed by atoms with Crippen molar-refractivity contribution in [3.63, 3.8) is 0 Å². The Labute approximate surface area is 136 Å². The van der Waals surface area contributed by atoms with Gasteiger partial charge in [0.2, 0.25) is 0 Å². The van der Waals surface area contributed by atoms with Gasteiger partial charge in [0.15, 0.2) is 16.7 Å². The molecule has 0 saturated carbocycles. The van der Waals surface area contributed by atoms with E-state index in [1.165, 1.54) is 6.33 Å². The minimum Gasteiger partial charge on any atom is -0.394 e. The first-order chi connectivity index (χ1) is 11.3. The molecule has 0 unspecified atom stereocenters. The van der Waals surface area contributed by atoms with E-state index in [9.17, 15) is 9.67 Å². The lowest BCUT2D eigenvalue weighted by Gasteiger charge is -2.16. The van der Waals surface area contributed by atoms with Crippen LogP contribution in [0.25, 0.3) is 11.2 Å². The molecule has 3 heterocycles. The van der Waals surface area contributed by atoms with Crippen LogP contribution in [0.15, 0.2) is 17.6 Å². The Kier molecular flexibility index (Phi) is 4.56. The largest absolute Gasteiger partial charge is 0.469 e. The number of phosphoric ester groups is 1. The van der Waals surface area contributed by atoms with Crippen molar-refractivity contribution in [2.24, 2.45) is 12.0 Å². The van der Waals surface area contributed by atoms with E-state index in [0.29, 0.717) is 16.7 Å². The molecular weight excluding hydrogens is 341 g/mol. The SMILES string of the molecule is CN=c1c2ncn([C@H]3C[C@H](OP(=O)(O)O)[C@@H](CO)O3)c2ncn1C. The molecule has 3 rings (SSSR count). The van der Waals surface area contributed by atoms with Gasteiger partial charge < -0.3 is 24.2 Å². The van der Waals surface area contributed by atoms with Crippen molar-refractivity contribution in [1.82, 2.24) is 19.1 Å². The van der Waals surface area contributed by atoms with Gasteiger partial charge in [0.05, 0.1) is 19.3 Å². The lowest BCUT2D eigenvalue weighted by Crippen LogP contribution is -2.26. The molecule has 0 aromatic carbocycles. The van der Waals surface area contributed by atoms with Gasteiger partial charge in [-0.3, -0.25) is 14.1 Å². The maximum Gasteiger partial charge on any atom is 0.469 e. The van der Waals surface area contributed by atoms with Gasteiger partial charge in [0, 0.05) is 20.5 Å². The Bertz CT molecular complexity index is 857. The average Bonchev–Trinajstić information content (AvgIpc) is 3.09. The first-order valence-electron chi connectivity index (χ1n) is 7.15. The molecule has 0 bridgehead atoms. The smallest absolute Gasteiger partial charge is 0.394 e. The molecule has 0 spiro atoms. The van der Waals surface area contributed by atoms with Crippen LogP contribution in [-0.4, -0.2) is 59.9 Å². The fraction of sp³-hybridized carbons (Fsp3) is 0.583. The molecule has 0 amide bonds. The van der Waals surface area contributed by atoms with Crippen LogP contribution in [0.1, 0.15) is 12.6 Å². The number of ether oxygens (including phenoxy) is 1. The Morgan fingerprint density at radius 1 is 1.46 bits per heavy atom. The number of aryl methyl sites for hydroxylation is 1. The highest BCUT2D eigenvalue weighted by molar-refractivity contribution is 7.46. The third kappa shape index (κ3) is 3.14. The number of aliphatic hydroxyl groups excluding tert-OH is 1. The standard InChI is InChI=1S/C12H18N5O6P/c1-13-11-10-12(15-5-16(11)2)17(6-14-10)9-3-7(8(4-18)22-9)23-24(19,20)21/h5-9,18H,3-4H2,1-2H3,(H2,19,20,21)/t7-,8+,9+/m0/s1. The summed E-state index contributed by atoms with van der Waals surface area (Å²) in [6, 6.07) is 0. The van der Waals surface area contributed by atoms with Crippen molar-refractivity contribution in [1.29, 1.82) is 0 Å². The Hall–Kier alpha value is -1.62. The van der Waals surface area contributed by atoms with E-state index < -0.39 is 32.9 Å². The van der Waals surface area contributed by atoms with Crippen molar-refractivity contribution >= 4 is 19.0 Å². The van der Waals surface area contributed by atoms with Gasteiger partial charge in [0.1, 0.15) is 18.4 Å². The van der Waals surface area contributed by atoms with Crippen molar-refractivity contribution in [2.75, 3.05) is 13.7 Å². The number of rotatable bonds is 4. The predicted octanol–water partition coefficient (Wildman–Crippen LogP) is -0.942. The zero-order valence-corrected chi connectivity index (χ0v) is 13.9. The van der Waals surface area contributed by atoms with Crippen molar-refractivity contribution in [2.45, 2.75) is 24.9 Å². The number of phosphoric acid groups is 1. The number of imidazole rings is 1. The minimum absolute atomic E-state index is 0.142. The summed E-state index contributed by atoms with van der Waals surface area (Å²) in [6.07, 6.45) is 0.844. The van der Waals surface area contributed by atoms with E-state index in [1.54, 1.807) is 29.6 Å². The number of aliphatic hydroxyl groups is 1. The van der Waals surface area contributed by atoms with Crippen LogP contribution in [0.3, 0.4) is 0 Å². The van der Waals surface area contributed by atoms with E-state index in [0.717, 1.165) is 0 Å². The van der Waals surface area contributed by atoms with E-state index in [-0.39, 0.29) is 6.42 Å². The normalized spacial score (nSPS) is 25.7. The van der Waals surface area contributed by atoms with E-state index in [1.807, 2.05) is 0 Å². The summed E-state index contributed by atoms with van der Waals surface area (Å²) in [6.45, 7) is -0.425. The van der Waals surface area contributed by atoms with Crippen LogP contribution in [0.5, 0.6) is 0 Å². The summed E-state index contributed by atoms with van der Waals surface area (Å²) in [5, 5.41) is 9.36. The topological polar surface area (TPSA) is 144 Å². The molecule has 1 aliphatic heterocycles. The summed E-state index contributed by atoms with van der Waals surface area (Å²) >= 11 is 0. The van der Waals surface area contributed by atoms with Crippen molar-refractivity contribution in [3.8, 4) is 0 Å². The molecule has 2 aromatic heterocycles. The highest BCUT2D eigenvalue weighted by Gasteiger charge is 2.40. The van der Waals surface area contributed by atoms with Crippen molar-refractivity contribution < 1.29 is 28.7 Å². The Morgan fingerprint density at radius 2 is 2.21 bits per heavy atom. The zero-order valence-electron chi connectivity index (χ0n) is 13.1. The van der Waals surface area contributed by atoms with Crippen LogP contribution in [0.2, 0.25) is 0 Å². The van der Waals surface area contributed by atoms with Crippen LogP contribution in [-0.2, 0) is 20.9 Å². The molecule has 0 radical (unpaired) electrons. The number of aromatic nitrogens is 4. The molecule has 1 fully saturated rings. The Balaban J connectivity index is 1.96. The number of nitrogens with zero attached hydrogens (tertiary/aromatic N) is 5. The van der Waals surface area contributed by atoms with Crippen LogP contribution >= 0.6 is 7.82 Å². The van der Waals surface area contributed by atoms with Gasteiger partial charge >= 0.3 is 7.82 Å². The predicted molar refractivity (Wildman–Crippen MR) is 80.5 cm³/mol. The zero-order chi connectivity index (χ0) is 17.5. The van der Waals surface area contributed by atoms with Crippen LogP contribution < -0.4 is 5.49 Å².